The van der Waals surface area contributed by atoms with E-state index in [-0.39, 0.29) is 23.2 Å². The lowest BCUT2D eigenvalue weighted by atomic mass is 9.60. The molecule has 0 amide bonds. The number of methoxy groups -OCH3 is 1. The van der Waals surface area contributed by atoms with E-state index in [0.717, 1.165) is 47.4 Å². The van der Waals surface area contributed by atoms with Gasteiger partial charge in [0, 0.05) is 40.3 Å². The summed E-state index contributed by atoms with van der Waals surface area (Å²) in [6.07, 6.45) is 1.44. The molecule has 5 nitrogen and oxygen atoms in total. The highest BCUT2D eigenvalue weighted by molar-refractivity contribution is 9.10. The molecule has 6 heteroatoms. The Morgan fingerprint density at radius 2 is 2.31 bits per heavy atom. The summed E-state index contributed by atoms with van der Waals surface area (Å²) in [6.45, 7) is 3.68. The standard InChI is InChI=1S/C20H23BrN2O3/c1-10(24)13-9-23-6-5-20-14-7-11(21)3-4-15(14)22-18(20)17(19(25)26-2)12(13)8-16(20)23/h3-4,7,10,12-13,16,22,24H,5-6,8-9H2,1-2H3/t10-,12?,13?,16+,20-/m1/s1. The number of aliphatic hydroxyl groups excluding tert-OH is 1. The third-order valence-electron chi connectivity index (χ3n) is 7.08. The Balaban J connectivity index is 1.78. The number of benzene rings is 1. The molecule has 0 aromatic heterocycles. The Labute approximate surface area is 161 Å². The van der Waals surface area contributed by atoms with Crippen molar-refractivity contribution in [3.05, 3.63) is 39.5 Å². The zero-order valence-electron chi connectivity index (χ0n) is 15.0. The fourth-order valence-corrected chi connectivity index (χ4v) is 6.36. The van der Waals surface area contributed by atoms with Gasteiger partial charge in [-0.15, -0.1) is 0 Å². The summed E-state index contributed by atoms with van der Waals surface area (Å²) in [5.74, 6) is -0.162. The van der Waals surface area contributed by atoms with Gasteiger partial charge in [-0.25, -0.2) is 4.79 Å². The van der Waals surface area contributed by atoms with Crippen molar-refractivity contribution in [3.63, 3.8) is 0 Å². The van der Waals surface area contributed by atoms with Crippen LogP contribution in [0.3, 0.4) is 0 Å². The number of esters is 1. The summed E-state index contributed by atoms with van der Waals surface area (Å²) < 4.78 is 6.26. The number of nitrogens with one attached hydrogen (secondary N) is 1. The van der Waals surface area contributed by atoms with Gasteiger partial charge in [-0.1, -0.05) is 15.9 Å². The van der Waals surface area contributed by atoms with E-state index in [2.05, 4.69) is 38.3 Å². The SMILES string of the molecule is COC(=O)C1=C2Nc3ccc(Br)cc3[C@@]23CCN2CC([C@@H](C)O)C1C[C@H]23. The van der Waals surface area contributed by atoms with E-state index in [1.54, 1.807) is 0 Å². The number of halogens is 1. The Hall–Kier alpha value is -1.37. The molecular formula is C20H23BrN2O3. The van der Waals surface area contributed by atoms with E-state index >= 15 is 0 Å². The molecule has 1 aliphatic carbocycles. The van der Waals surface area contributed by atoms with Crippen LogP contribution >= 0.6 is 15.9 Å². The molecule has 2 saturated heterocycles. The summed E-state index contributed by atoms with van der Waals surface area (Å²) in [4.78, 5) is 15.4. The first-order chi connectivity index (χ1) is 12.5. The summed E-state index contributed by atoms with van der Waals surface area (Å²) in [5.41, 5.74) is 3.98. The number of aliphatic hydroxyl groups is 1. The van der Waals surface area contributed by atoms with E-state index < -0.39 is 6.10 Å². The van der Waals surface area contributed by atoms with Crippen LogP contribution in [0.2, 0.25) is 0 Å². The molecule has 2 unspecified atom stereocenters. The van der Waals surface area contributed by atoms with E-state index in [1.807, 2.05) is 13.0 Å². The van der Waals surface area contributed by atoms with Crippen LogP contribution in [0.15, 0.2) is 33.9 Å². The van der Waals surface area contributed by atoms with Crippen LogP contribution in [0.25, 0.3) is 0 Å². The number of piperidine rings is 1. The molecular weight excluding hydrogens is 396 g/mol. The lowest BCUT2D eigenvalue weighted by molar-refractivity contribution is -0.138. The maximum absolute atomic E-state index is 12.8. The van der Waals surface area contributed by atoms with Gasteiger partial charge in [0.1, 0.15) is 0 Å². The predicted octanol–water partition coefficient (Wildman–Crippen LogP) is 2.64. The predicted molar refractivity (Wildman–Crippen MR) is 102 cm³/mol. The zero-order valence-corrected chi connectivity index (χ0v) is 16.5. The molecule has 2 fully saturated rings. The summed E-state index contributed by atoms with van der Waals surface area (Å²) in [7, 11) is 1.45. The fourth-order valence-electron chi connectivity index (χ4n) is 5.99. The normalized spacial score (nSPS) is 35.6. The molecule has 5 atom stereocenters. The minimum atomic E-state index is -0.452. The van der Waals surface area contributed by atoms with Crippen LogP contribution in [-0.2, 0) is 14.9 Å². The highest BCUT2D eigenvalue weighted by atomic mass is 79.9. The molecule has 0 saturated carbocycles. The van der Waals surface area contributed by atoms with Gasteiger partial charge in [-0.3, -0.25) is 4.90 Å². The van der Waals surface area contributed by atoms with E-state index in [1.165, 1.54) is 12.7 Å². The van der Waals surface area contributed by atoms with Crippen molar-refractivity contribution in [2.45, 2.75) is 37.3 Å². The number of hydrogen-bond donors (Lipinski definition) is 2. The van der Waals surface area contributed by atoms with Crippen LogP contribution in [0.1, 0.15) is 25.3 Å². The maximum atomic E-state index is 12.8. The molecule has 26 heavy (non-hydrogen) atoms. The van der Waals surface area contributed by atoms with Gasteiger partial charge in [0.15, 0.2) is 0 Å². The van der Waals surface area contributed by atoms with Crippen LogP contribution in [0.4, 0.5) is 5.69 Å². The quantitative estimate of drug-likeness (QED) is 0.722. The maximum Gasteiger partial charge on any atom is 0.335 e. The minimum Gasteiger partial charge on any atom is -0.466 e. The van der Waals surface area contributed by atoms with Gasteiger partial charge in [-0.05, 0) is 50.1 Å². The summed E-state index contributed by atoms with van der Waals surface area (Å²) in [5, 5.41) is 14.0. The van der Waals surface area contributed by atoms with Gasteiger partial charge in [0.2, 0.25) is 0 Å². The molecule has 5 rings (SSSR count). The van der Waals surface area contributed by atoms with E-state index in [0.29, 0.717) is 6.04 Å². The monoisotopic (exact) mass is 418 g/mol. The highest BCUT2D eigenvalue weighted by Crippen LogP contribution is 2.61. The lowest BCUT2D eigenvalue weighted by Gasteiger charge is -2.51. The van der Waals surface area contributed by atoms with Crippen molar-refractivity contribution in [2.24, 2.45) is 11.8 Å². The summed E-state index contributed by atoms with van der Waals surface area (Å²) in [6, 6.07) is 6.70. The molecule has 3 aliphatic heterocycles. The smallest absolute Gasteiger partial charge is 0.335 e. The van der Waals surface area contributed by atoms with Crippen molar-refractivity contribution in [1.29, 1.82) is 0 Å². The number of rotatable bonds is 2. The van der Waals surface area contributed by atoms with Crippen LogP contribution in [0, 0.1) is 11.8 Å². The topological polar surface area (TPSA) is 61.8 Å². The van der Waals surface area contributed by atoms with Crippen LogP contribution in [-0.4, -0.2) is 48.3 Å². The number of carbonyl (C=O) groups is 1. The van der Waals surface area contributed by atoms with Crippen molar-refractivity contribution in [2.75, 3.05) is 25.5 Å². The first-order valence-corrected chi connectivity index (χ1v) is 10.1. The average molecular weight is 419 g/mol. The van der Waals surface area contributed by atoms with Crippen molar-refractivity contribution in [1.82, 2.24) is 4.90 Å². The number of nitrogens with zero attached hydrogens (tertiary/aromatic N) is 1. The Kier molecular flexibility index (Phi) is 3.59. The van der Waals surface area contributed by atoms with Crippen LogP contribution in [0.5, 0.6) is 0 Å². The second kappa shape index (κ2) is 5.57. The molecule has 2 bridgehead atoms. The molecule has 138 valence electrons. The molecule has 1 spiro atoms. The van der Waals surface area contributed by atoms with Gasteiger partial charge in [0.25, 0.3) is 0 Å². The largest absolute Gasteiger partial charge is 0.466 e. The third-order valence-corrected chi connectivity index (χ3v) is 7.57. The van der Waals surface area contributed by atoms with Gasteiger partial charge < -0.3 is 15.2 Å². The minimum absolute atomic E-state index is 0.0372. The highest BCUT2D eigenvalue weighted by Gasteiger charge is 2.63. The zero-order chi connectivity index (χ0) is 18.2. The summed E-state index contributed by atoms with van der Waals surface area (Å²) >= 11 is 3.62. The van der Waals surface area contributed by atoms with E-state index in [9.17, 15) is 9.90 Å². The fraction of sp³-hybridized carbons (Fsp3) is 0.550. The van der Waals surface area contributed by atoms with Gasteiger partial charge >= 0.3 is 5.97 Å². The van der Waals surface area contributed by atoms with Gasteiger partial charge in [0.05, 0.1) is 24.2 Å². The first kappa shape index (κ1) is 16.8. The number of anilines is 1. The number of ether oxygens (including phenoxy) is 1. The molecule has 1 aromatic rings. The van der Waals surface area contributed by atoms with Crippen molar-refractivity contribution < 1.29 is 14.6 Å². The Morgan fingerprint density at radius 1 is 1.50 bits per heavy atom. The van der Waals surface area contributed by atoms with Crippen LogP contribution < -0.4 is 5.32 Å². The lowest BCUT2D eigenvalue weighted by Crippen LogP contribution is -2.57. The van der Waals surface area contributed by atoms with Gasteiger partial charge in [-0.2, -0.15) is 0 Å². The second-order valence-corrected chi connectivity index (χ2v) is 8.99. The number of hydrogen-bond acceptors (Lipinski definition) is 5. The molecule has 0 radical (unpaired) electrons. The van der Waals surface area contributed by atoms with Crippen molar-refractivity contribution in [3.8, 4) is 0 Å². The number of fused-ring (bicyclic) bond motifs is 2. The Bertz CT molecular complexity index is 836. The molecule has 2 N–H and O–H groups in total. The second-order valence-electron chi connectivity index (χ2n) is 8.07. The average Bonchev–Trinajstić information content (AvgIpc) is 3.17. The molecule has 3 heterocycles. The Morgan fingerprint density at radius 3 is 3.04 bits per heavy atom. The number of carbonyl (C=O) groups excluding carboxylic acids is 1. The third kappa shape index (κ3) is 1.95. The van der Waals surface area contributed by atoms with Crippen molar-refractivity contribution >= 4 is 27.6 Å². The molecule has 4 aliphatic rings. The molecule has 1 aromatic carbocycles. The first-order valence-electron chi connectivity index (χ1n) is 9.29. The van der Waals surface area contributed by atoms with E-state index in [4.69, 9.17) is 4.74 Å².